The summed E-state index contributed by atoms with van der Waals surface area (Å²) in [6.45, 7) is 4.60. The number of thiazole rings is 1. The Morgan fingerprint density at radius 3 is 3.04 bits per heavy atom. The van der Waals surface area contributed by atoms with Crippen LogP contribution in [0.5, 0.6) is 0 Å². The van der Waals surface area contributed by atoms with Crippen LogP contribution in [0.25, 0.3) is 0 Å². The number of aromatic nitrogens is 1. The summed E-state index contributed by atoms with van der Waals surface area (Å²) in [6.07, 6.45) is 5.03. The maximum Gasteiger partial charge on any atom is 0.113 e. The highest BCUT2D eigenvalue weighted by molar-refractivity contribution is 7.09. The largest absolute Gasteiger partial charge is 0.381 e. The molecule has 0 amide bonds. The Kier molecular flexibility index (Phi) is 4.44. The van der Waals surface area contributed by atoms with Crippen molar-refractivity contribution in [1.29, 1.82) is 0 Å². The van der Waals surface area contributed by atoms with Crippen LogP contribution < -0.4 is 10.6 Å². The molecule has 0 radical (unpaired) electrons. The second-order valence-corrected chi connectivity index (χ2v) is 7.26. The molecule has 0 atom stereocenters. The van der Waals surface area contributed by atoms with Crippen LogP contribution in [0.1, 0.15) is 34.5 Å². The molecule has 2 aliphatic heterocycles. The number of fused-ring (bicyclic) bond motifs is 1. The van der Waals surface area contributed by atoms with E-state index in [0.29, 0.717) is 0 Å². The Morgan fingerprint density at radius 2 is 2.22 bits per heavy atom. The van der Waals surface area contributed by atoms with Crippen molar-refractivity contribution in [1.82, 2.24) is 15.6 Å². The van der Waals surface area contributed by atoms with E-state index in [-0.39, 0.29) is 5.54 Å². The lowest BCUT2D eigenvalue weighted by Crippen LogP contribution is -2.46. The number of benzene rings is 1. The third-order valence-corrected chi connectivity index (χ3v) is 6.02. The maximum absolute atomic E-state index is 5.59. The fraction of sp³-hybridized carbons (Fsp3) is 0.500. The summed E-state index contributed by atoms with van der Waals surface area (Å²) in [5.41, 5.74) is 4.39. The SMILES string of the molecule is c1cc2c(c(CNC3(c4nccs4)CCOCC3)c1)CCNC2. The number of rotatable bonds is 4. The van der Waals surface area contributed by atoms with Gasteiger partial charge in [0.05, 0.1) is 5.54 Å². The van der Waals surface area contributed by atoms with Crippen LogP contribution in [0, 0.1) is 0 Å². The number of hydrogen-bond donors (Lipinski definition) is 2. The van der Waals surface area contributed by atoms with Crippen molar-refractivity contribution in [2.24, 2.45) is 0 Å². The van der Waals surface area contributed by atoms with Crippen molar-refractivity contribution in [2.45, 2.75) is 37.9 Å². The molecule has 1 aromatic carbocycles. The van der Waals surface area contributed by atoms with Crippen molar-refractivity contribution in [3.05, 3.63) is 51.5 Å². The van der Waals surface area contributed by atoms with Crippen LogP contribution in [-0.2, 0) is 29.8 Å². The van der Waals surface area contributed by atoms with Crippen LogP contribution in [-0.4, -0.2) is 24.7 Å². The van der Waals surface area contributed by atoms with E-state index in [1.165, 1.54) is 21.7 Å². The predicted octanol–water partition coefficient (Wildman–Crippen LogP) is 2.58. The molecule has 0 unspecified atom stereocenters. The van der Waals surface area contributed by atoms with Crippen LogP contribution in [0.15, 0.2) is 29.8 Å². The van der Waals surface area contributed by atoms with E-state index >= 15 is 0 Å². The molecule has 0 saturated carbocycles. The van der Waals surface area contributed by atoms with E-state index in [9.17, 15) is 0 Å². The van der Waals surface area contributed by atoms with Gasteiger partial charge in [-0.2, -0.15) is 0 Å². The summed E-state index contributed by atoms with van der Waals surface area (Å²) in [4.78, 5) is 4.60. The quantitative estimate of drug-likeness (QED) is 0.905. The van der Waals surface area contributed by atoms with E-state index in [4.69, 9.17) is 4.74 Å². The molecular formula is C18H23N3OS. The highest BCUT2D eigenvalue weighted by Gasteiger charge is 2.36. The van der Waals surface area contributed by atoms with Crippen molar-refractivity contribution in [2.75, 3.05) is 19.8 Å². The number of ether oxygens (including phenoxy) is 1. The summed E-state index contributed by atoms with van der Waals surface area (Å²) in [5.74, 6) is 0. The lowest BCUT2D eigenvalue weighted by molar-refractivity contribution is 0.0356. The molecule has 2 N–H and O–H groups in total. The molecule has 23 heavy (non-hydrogen) atoms. The Bertz CT molecular complexity index is 650. The van der Waals surface area contributed by atoms with Gasteiger partial charge in [-0.15, -0.1) is 11.3 Å². The molecule has 1 fully saturated rings. The smallest absolute Gasteiger partial charge is 0.113 e. The minimum Gasteiger partial charge on any atom is -0.381 e. The first kappa shape index (κ1) is 15.3. The van der Waals surface area contributed by atoms with Crippen molar-refractivity contribution < 1.29 is 4.74 Å². The van der Waals surface area contributed by atoms with E-state index in [0.717, 1.165) is 52.1 Å². The Hall–Kier alpha value is -1.27. The minimum atomic E-state index is -0.0257. The molecule has 122 valence electrons. The first-order valence-electron chi connectivity index (χ1n) is 8.40. The third kappa shape index (κ3) is 3.06. The molecule has 0 spiro atoms. The highest BCUT2D eigenvalue weighted by atomic mass is 32.1. The number of nitrogens with one attached hydrogen (secondary N) is 2. The van der Waals surface area contributed by atoms with Gasteiger partial charge in [0.1, 0.15) is 5.01 Å². The van der Waals surface area contributed by atoms with Gasteiger partial charge in [-0.25, -0.2) is 4.98 Å². The molecule has 1 saturated heterocycles. The van der Waals surface area contributed by atoms with Crippen LogP contribution in [0.3, 0.4) is 0 Å². The molecule has 2 aromatic rings. The van der Waals surface area contributed by atoms with Gasteiger partial charge in [0.15, 0.2) is 0 Å². The van der Waals surface area contributed by atoms with Gasteiger partial charge in [0.25, 0.3) is 0 Å². The zero-order valence-corrected chi connectivity index (χ0v) is 14.1. The molecule has 3 heterocycles. The molecule has 4 rings (SSSR count). The normalized spacial score (nSPS) is 20.2. The summed E-state index contributed by atoms with van der Waals surface area (Å²) < 4.78 is 5.59. The molecule has 1 aromatic heterocycles. The third-order valence-electron chi connectivity index (χ3n) is 5.04. The topological polar surface area (TPSA) is 46.2 Å². The summed E-state index contributed by atoms with van der Waals surface area (Å²) in [6, 6.07) is 6.70. The van der Waals surface area contributed by atoms with Gasteiger partial charge >= 0.3 is 0 Å². The fourth-order valence-electron chi connectivity index (χ4n) is 3.69. The monoisotopic (exact) mass is 329 g/mol. The Labute approximate surface area is 141 Å². The van der Waals surface area contributed by atoms with Gasteiger partial charge in [-0.05, 0) is 42.5 Å². The minimum absolute atomic E-state index is 0.0257. The van der Waals surface area contributed by atoms with E-state index in [1.54, 1.807) is 11.3 Å². The first-order chi connectivity index (χ1) is 11.4. The maximum atomic E-state index is 5.59. The molecule has 2 aliphatic rings. The van der Waals surface area contributed by atoms with Crippen LogP contribution in [0.4, 0.5) is 0 Å². The van der Waals surface area contributed by atoms with E-state index < -0.39 is 0 Å². The lowest BCUT2D eigenvalue weighted by Gasteiger charge is -2.37. The molecule has 4 nitrogen and oxygen atoms in total. The van der Waals surface area contributed by atoms with Gasteiger partial charge < -0.3 is 15.4 Å². The van der Waals surface area contributed by atoms with Crippen molar-refractivity contribution in [3.8, 4) is 0 Å². The van der Waals surface area contributed by atoms with E-state index in [1.807, 2.05) is 6.20 Å². The number of nitrogens with zero attached hydrogens (tertiary/aromatic N) is 1. The Morgan fingerprint density at radius 1 is 1.30 bits per heavy atom. The lowest BCUT2D eigenvalue weighted by atomic mass is 9.89. The highest BCUT2D eigenvalue weighted by Crippen LogP contribution is 2.34. The Balaban J connectivity index is 1.57. The van der Waals surface area contributed by atoms with Crippen molar-refractivity contribution in [3.63, 3.8) is 0 Å². The second kappa shape index (κ2) is 6.69. The number of hydrogen-bond acceptors (Lipinski definition) is 5. The average Bonchev–Trinajstić information content (AvgIpc) is 3.16. The predicted molar refractivity (Wildman–Crippen MR) is 92.5 cm³/mol. The van der Waals surface area contributed by atoms with Gasteiger partial charge in [-0.3, -0.25) is 0 Å². The van der Waals surface area contributed by atoms with Crippen LogP contribution >= 0.6 is 11.3 Å². The van der Waals surface area contributed by atoms with E-state index in [2.05, 4.69) is 39.2 Å². The fourth-order valence-corrected chi connectivity index (χ4v) is 4.56. The summed E-state index contributed by atoms with van der Waals surface area (Å²) in [7, 11) is 0. The van der Waals surface area contributed by atoms with Gasteiger partial charge in [0, 0.05) is 37.9 Å². The molecule has 5 heteroatoms. The second-order valence-electron chi connectivity index (χ2n) is 6.37. The van der Waals surface area contributed by atoms with Crippen molar-refractivity contribution >= 4 is 11.3 Å². The standard InChI is InChI=1S/C18H23N3OS/c1-2-14-12-19-7-4-16(14)15(3-1)13-21-18(5-9-22-10-6-18)17-20-8-11-23-17/h1-3,8,11,19,21H,4-7,9-10,12-13H2. The zero-order valence-electron chi connectivity index (χ0n) is 13.3. The summed E-state index contributed by atoms with van der Waals surface area (Å²) >= 11 is 1.75. The van der Waals surface area contributed by atoms with Gasteiger partial charge in [0.2, 0.25) is 0 Å². The first-order valence-corrected chi connectivity index (χ1v) is 9.28. The summed E-state index contributed by atoms with van der Waals surface area (Å²) in [5, 5.41) is 10.6. The molecule has 0 aliphatic carbocycles. The zero-order chi connectivity index (χ0) is 15.5. The van der Waals surface area contributed by atoms with Gasteiger partial charge in [-0.1, -0.05) is 18.2 Å². The average molecular weight is 329 g/mol. The van der Waals surface area contributed by atoms with Crippen LogP contribution in [0.2, 0.25) is 0 Å². The molecular weight excluding hydrogens is 306 g/mol. The molecule has 0 bridgehead atoms.